The maximum Gasteiger partial charge on any atom is 0.196 e. The molecule has 2 aromatic rings. The number of aliphatic imine (C=N–C) groups is 1. The smallest absolute Gasteiger partial charge is 0.196 e. The molecule has 1 heterocycles. The van der Waals surface area contributed by atoms with Gasteiger partial charge in [0.25, 0.3) is 0 Å². The molecule has 0 spiro atoms. The number of rotatable bonds is 2. The zero-order chi connectivity index (χ0) is 13.2. The van der Waals surface area contributed by atoms with Crippen LogP contribution in [-0.2, 0) is 0 Å². The minimum Gasteiger partial charge on any atom is -0.369 e. The molecule has 2 aromatic carbocycles. The molecule has 1 aliphatic heterocycles. The monoisotopic (exact) mass is 255 g/mol. The Kier molecular flexibility index (Phi) is 2.91. The number of nitrogens with two attached hydrogens (primary N) is 1. The van der Waals surface area contributed by atoms with E-state index in [1.165, 1.54) is 6.07 Å². The maximum atomic E-state index is 13.9. The van der Waals surface area contributed by atoms with Crippen molar-refractivity contribution < 1.29 is 4.39 Å². The van der Waals surface area contributed by atoms with Crippen molar-refractivity contribution in [3.8, 4) is 0 Å². The Bertz CT molecular complexity index is 610. The molecule has 0 amide bonds. The second-order valence-corrected chi connectivity index (χ2v) is 4.44. The van der Waals surface area contributed by atoms with E-state index >= 15 is 0 Å². The van der Waals surface area contributed by atoms with Crippen molar-refractivity contribution in [2.45, 2.75) is 6.04 Å². The molecular formula is C15H14FN3. The number of para-hydroxylation sites is 1. The van der Waals surface area contributed by atoms with Gasteiger partial charge in [0.15, 0.2) is 5.96 Å². The molecule has 1 atom stereocenters. The summed E-state index contributed by atoms with van der Waals surface area (Å²) in [6.07, 6.45) is 0. The van der Waals surface area contributed by atoms with Crippen molar-refractivity contribution >= 4 is 11.6 Å². The molecule has 0 aliphatic carbocycles. The predicted molar refractivity (Wildman–Crippen MR) is 74.6 cm³/mol. The average molecular weight is 255 g/mol. The molecule has 4 heteroatoms. The van der Waals surface area contributed by atoms with E-state index in [9.17, 15) is 4.39 Å². The fourth-order valence-corrected chi connectivity index (χ4v) is 2.38. The largest absolute Gasteiger partial charge is 0.369 e. The minimum absolute atomic E-state index is 0.177. The Morgan fingerprint density at radius 2 is 1.74 bits per heavy atom. The second kappa shape index (κ2) is 4.72. The summed E-state index contributed by atoms with van der Waals surface area (Å²) in [4.78, 5) is 6.12. The zero-order valence-electron chi connectivity index (χ0n) is 10.3. The van der Waals surface area contributed by atoms with Gasteiger partial charge in [-0.2, -0.15) is 0 Å². The van der Waals surface area contributed by atoms with Crippen LogP contribution >= 0.6 is 0 Å². The molecule has 1 unspecified atom stereocenters. The molecule has 3 rings (SSSR count). The Morgan fingerprint density at radius 1 is 1.05 bits per heavy atom. The van der Waals surface area contributed by atoms with Gasteiger partial charge in [0, 0.05) is 11.3 Å². The van der Waals surface area contributed by atoms with Crippen molar-refractivity contribution in [2.75, 3.05) is 11.4 Å². The highest BCUT2D eigenvalue weighted by Gasteiger charge is 2.30. The van der Waals surface area contributed by atoms with Gasteiger partial charge >= 0.3 is 0 Å². The number of nitrogens with zero attached hydrogens (tertiary/aromatic N) is 2. The Labute approximate surface area is 111 Å². The predicted octanol–water partition coefficient (Wildman–Crippen LogP) is 2.70. The summed E-state index contributed by atoms with van der Waals surface area (Å²) < 4.78 is 13.9. The standard InChI is InChI=1S/C15H14FN3/c16-13-9-5-4-8-12(13)14-10-18-15(17)19(14)11-6-2-1-3-7-11/h1-9,14H,10H2,(H2,17,18). The first-order valence-electron chi connectivity index (χ1n) is 6.16. The number of benzene rings is 2. The quantitative estimate of drug-likeness (QED) is 0.896. The van der Waals surface area contributed by atoms with Gasteiger partial charge in [0.1, 0.15) is 5.82 Å². The molecule has 0 fully saturated rings. The van der Waals surface area contributed by atoms with Crippen LogP contribution in [0.2, 0.25) is 0 Å². The molecule has 19 heavy (non-hydrogen) atoms. The molecule has 3 nitrogen and oxygen atoms in total. The summed E-state index contributed by atoms with van der Waals surface area (Å²) in [6, 6.07) is 16.3. The maximum absolute atomic E-state index is 13.9. The lowest BCUT2D eigenvalue weighted by atomic mass is 10.0. The Balaban J connectivity index is 2.02. The van der Waals surface area contributed by atoms with Crippen LogP contribution in [0, 0.1) is 5.82 Å². The summed E-state index contributed by atoms with van der Waals surface area (Å²) in [5, 5.41) is 0. The SMILES string of the molecule is NC1=NCC(c2ccccc2F)N1c1ccccc1. The molecule has 2 N–H and O–H groups in total. The van der Waals surface area contributed by atoms with Crippen LogP contribution in [0.1, 0.15) is 11.6 Å². The summed E-state index contributed by atoms with van der Waals surface area (Å²) in [5.74, 6) is 0.206. The molecular weight excluding hydrogens is 241 g/mol. The first-order valence-corrected chi connectivity index (χ1v) is 6.16. The molecule has 1 aliphatic rings. The minimum atomic E-state index is -0.224. The lowest BCUT2D eigenvalue weighted by molar-refractivity contribution is 0.589. The molecule has 0 radical (unpaired) electrons. The molecule has 0 saturated carbocycles. The zero-order valence-corrected chi connectivity index (χ0v) is 10.3. The number of halogens is 1. The van der Waals surface area contributed by atoms with Crippen molar-refractivity contribution in [1.82, 2.24) is 0 Å². The van der Waals surface area contributed by atoms with Gasteiger partial charge in [0.05, 0.1) is 12.6 Å². The van der Waals surface area contributed by atoms with Crippen LogP contribution < -0.4 is 10.6 Å². The number of hydrogen-bond donors (Lipinski definition) is 1. The first-order chi connectivity index (χ1) is 9.27. The molecule has 0 aromatic heterocycles. The van der Waals surface area contributed by atoms with Crippen molar-refractivity contribution in [3.63, 3.8) is 0 Å². The third kappa shape index (κ3) is 2.05. The Hall–Kier alpha value is -2.36. The van der Waals surface area contributed by atoms with Gasteiger partial charge in [-0.3, -0.25) is 4.99 Å². The number of guanidine groups is 1. The summed E-state index contributed by atoms with van der Waals surface area (Å²) >= 11 is 0. The van der Waals surface area contributed by atoms with E-state index in [1.807, 2.05) is 41.3 Å². The van der Waals surface area contributed by atoms with Gasteiger partial charge in [-0.1, -0.05) is 36.4 Å². The van der Waals surface area contributed by atoms with E-state index in [4.69, 9.17) is 5.73 Å². The summed E-state index contributed by atoms with van der Waals surface area (Å²) in [6.45, 7) is 0.474. The average Bonchev–Trinajstić information content (AvgIpc) is 2.82. The normalized spacial score (nSPS) is 18.5. The van der Waals surface area contributed by atoms with Crippen LogP contribution in [0.5, 0.6) is 0 Å². The third-order valence-corrected chi connectivity index (χ3v) is 3.28. The summed E-state index contributed by atoms with van der Waals surface area (Å²) in [5.41, 5.74) is 7.49. The first kappa shape index (κ1) is 11.7. The highest BCUT2D eigenvalue weighted by molar-refractivity contribution is 5.97. The second-order valence-electron chi connectivity index (χ2n) is 4.44. The van der Waals surface area contributed by atoms with E-state index < -0.39 is 0 Å². The van der Waals surface area contributed by atoms with Crippen LogP contribution in [0.25, 0.3) is 0 Å². The molecule has 0 saturated heterocycles. The van der Waals surface area contributed by atoms with E-state index in [0.29, 0.717) is 18.1 Å². The fourth-order valence-electron chi connectivity index (χ4n) is 2.38. The van der Waals surface area contributed by atoms with Crippen molar-refractivity contribution in [3.05, 3.63) is 66.0 Å². The van der Waals surface area contributed by atoms with Crippen LogP contribution in [0.4, 0.5) is 10.1 Å². The molecule has 0 bridgehead atoms. The van der Waals surface area contributed by atoms with Crippen LogP contribution in [0.3, 0.4) is 0 Å². The Morgan fingerprint density at radius 3 is 2.47 bits per heavy atom. The van der Waals surface area contributed by atoms with Gasteiger partial charge in [-0.25, -0.2) is 4.39 Å². The van der Waals surface area contributed by atoms with Gasteiger partial charge in [-0.15, -0.1) is 0 Å². The van der Waals surface area contributed by atoms with Gasteiger partial charge < -0.3 is 10.6 Å². The van der Waals surface area contributed by atoms with E-state index in [2.05, 4.69) is 4.99 Å². The van der Waals surface area contributed by atoms with Gasteiger partial charge in [-0.05, 0) is 18.2 Å². The highest BCUT2D eigenvalue weighted by Crippen LogP contribution is 2.31. The topological polar surface area (TPSA) is 41.6 Å². The number of hydrogen-bond acceptors (Lipinski definition) is 3. The van der Waals surface area contributed by atoms with Crippen LogP contribution in [-0.4, -0.2) is 12.5 Å². The number of anilines is 1. The van der Waals surface area contributed by atoms with Crippen LogP contribution in [0.15, 0.2) is 59.6 Å². The van der Waals surface area contributed by atoms with E-state index in [0.717, 1.165) is 5.69 Å². The third-order valence-electron chi connectivity index (χ3n) is 3.28. The van der Waals surface area contributed by atoms with E-state index in [-0.39, 0.29) is 11.9 Å². The lowest BCUT2D eigenvalue weighted by Gasteiger charge is -2.26. The van der Waals surface area contributed by atoms with Gasteiger partial charge in [0.2, 0.25) is 0 Å². The molecule has 96 valence electrons. The lowest BCUT2D eigenvalue weighted by Crippen LogP contribution is -2.36. The van der Waals surface area contributed by atoms with E-state index in [1.54, 1.807) is 12.1 Å². The fraction of sp³-hybridized carbons (Fsp3) is 0.133. The highest BCUT2D eigenvalue weighted by atomic mass is 19.1. The summed E-state index contributed by atoms with van der Waals surface area (Å²) in [7, 11) is 0. The van der Waals surface area contributed by atoms with Crippen molar-refractivity contribution in [2.24, 2.45) is 10.7 Å². The van der Waals surface area contributed by atoms with Crippen molar-refractivity contribution in [1.29, 1.82) is 0 Å².